The lowest BCUT2D eigenvalue weighted by Gasteiger charge is -1.94. The number of benzene rings is 1. The summed E-state index contributed by atoms with van der Waals surface area (Å²) in [7, 11) is 0. The third-order valence-corrected chi connectivity index (χ3v) is 2.19. The van der Waals surface area contributed by atoms with Crippen molar-refractivity contribution in [3.63, 3.8) is 0 Å². The third-order valence-electron chi connectivity index (χ3n) is 0.916. The molecule has 1 aromatic rings. The van der Waals surface area contributed by atoms with Crippen LogP contribution >= 0.6 is 35.8 Å². The molecule has 0 saturated carbocycles. The summed E-state index contributed by atoms with van der Waals surface area (Å²) in [5, 5.41) is 0.985. The van der Waals surface area contributed by atoms with Gasteiger partial charge in [-0.05, 0) is 12.1 Å². The molecule has 0 fully saturated rings. The van der Waals surface area contributed by atoms with E-state index in [2.05, 4.69) is 0 Å². The minimum Gasteiger partial charge on any atom is -0.0827 e. The van der Waals surface area contributed by atoms with E-state index in [9.17, 15) is 0 Å². The summed E-state index contributed by atoms with van der Waals surface area (Å²) in [5.41, 5.74) is 0. The first-order valence-electron chi connectivity index (χ1n) is 2.33. The predicted octanol–water partition coefficient (Wildman–Crippen LogP) is 3.55. The maximum atomic E-state index is 5.64. The van der Waals surface area contributed by atoms with Crippen molar-refractivity contribution in [3.05, 3.63) is 28.2 Å². The van der Waals surface area contributed by atoms with Crippen molar-refractivity contribution in [1.82, 2.24) is 0 Å². The Bertz CT molecular complexity index is 202. The van der Waals surface area contributed by atoms with Crippen LogP contribution in [-0.4, -0.2) is 0 Å². The first kappa shape index (κ1) is 7.13. The van der Waals surface area contributed by atoms with Gasteiger partial charge in [-0.3, -0.25) is 0 Å². The molecule has 0 aliphatic heterocycles. The summed E-state index contributed by atoms with van der Waals surface area (Å²) in [6.45, 7) is 0. The van der Waals surface area contributed by atoms with Crippen molar-refractivity contribution in [2.24, 2.45) is 0 Å². The lowest BCUT2D eigenvalue weighted by Crippen LogP contribution is -1.68. The molecule has 0 nitrogen and oxygen atoms in total. The van der Waals surface area contributed by atoms with Gasteiger partial charge in [-0.15, -0.1) is 0 Å². The van der Waals surface area contributed by atoms with Crippen molar-refractivity contribution < 1.29 is 0 Å². The topological polar surface area (TPSA) is 0 Å². The van der Waals surface area contributed by atoms with Crippen LogP contribution in [0.5, 0.6) is 0 Å². The monoisotopic (exact) mass is 177 g/mol. The molecule has 0 aliphatic carbocycles. The molecule has 3 heteroatoms. The lowest BCUT2D eigenvalue weighted by molar-refractivity contribution is 1.48. The Balaban J connectivity index is 3.25. The average molecular weight is 178 g/mol. The summed E-state index contributed by atoms with van der Waals surface area (Å²) in [4.78, 5) is 0.601. The second-order valence-corrected chi connectivity index (χ2v) is 2.78. The number of hydrogen-bond donors (Lipinski definition) is 0. The smallest absolute Gasteiger partial charge is 0.0772 e. The second kappa shape index (κ2) is 2.74. The summed E-state index contributed by atoms with van der Waals surface area (Å²) in [6.07, 6.45) is 0. The normalized spacial score (nSPS) is 9.56. The Hall–Kier alpha value is 0.0200. The summed E-state index contributed by atoms with van der Waals surface area (Å²) < 4.78 is 0. The quantitative estimate of drug-likeness (QED) is 0.569. The number of hydrogen-bond acceptors (Lipinski definition) is 0. The third kappa shape index (κ3) is 1.48. The molecule has 1 aromatic carbocycles. The van der Waals surface area contributed by atoms with E-state index in [-0.39, 0.29) is 0 Å². The summed E-state index contributed by atoms with van der Waals surface area (Å²) in [5.74, 6) is 0. The van der Waals surface area contributed by atoms with Gasteiger partial charge < -0.3 is 0 Å². The molecule has 9 heavy (non-hydrogen) atoms. The van der Waals surface area contributed by atoms with Gasteiger partial charge in [0, 0.05) is 0 Å². The second-order valence-electron chi connectivity index (χ2n) is 1.55. The van der Waals surface area contributed by atoms with Crippen LogP contribution in [0.25, 0.3) is 0 Å². The van der Waals surface area contributed by atoms with Gasteiger partial charge in [0.15, 0.2) is 0 Å². The van der Waals surface area contributed by atoms with Gasteiger partial charge in [0.1, 0.15) is 0 Å². The van der Waals surface area contributed by atoms with Gasteiger partial charge in [0.05, 0.1) is 14.9 Å². The molecule has 1 radical (unpaired) electrons. The van der Waals surface area contributed by atoms with E-state index in [4.69, 9.17) is 35.8 Å². The van der Waals surface area contributed by atoms with Gasteiger partial charge in [0.2, 0.25) is 0 Å². The zero-order chi connectivity index (χ0) is 6.85. The van der Waals surface area contributed by atoms with E-state index in [0.29, 0.717) is 14.9 Å². The van der Waals surface area contributed by atoms with Gasteiger partial charge in [-0.25, -0.2) is 0 Å². The molecule has 0 unspecified atom stereocenters. The highest BCUT2D eigenvalue weighted by atomic mass is 35.5. The van der Waals surface area contributed by atoms with E-state index in [1.165, 1.54) is 0 Å². The van der Waals surface area contributed by atoms with Crippen LogP contribution in [0.3, 0.4) is 0 Å². The molecule has 0 bridgehead atoms. The minimum atomic E-state index is 0.467. The van der Waals surface area contributed by atoms with Gasteiger partial charge in [-0.1, -0.05) is 41.9 Å². The van der Waals surface area contributed by atoms with Crippen LogP contribution in [-0.2, 0) is 0 Å². The van der Waals surface area contributed by atoms with Crippen LogP contribution in [0.4, 0.5) is 0 Å². The molecule has 0 N–H and O–H groups in total. The lowest BCUT2D eigenvalue weighted by atomic mass is 10.4. The first-order valence-corrected chi connectivity index (χ1v) is 3.49. The molecule has 0 saturated heterocycles. The van der Waals surface area contributed by atoms with E-state index in [1.807, 2.05) is 0 Å². The highest BCUT2D eigenvalue weighted by Crippen LogP contribution is 2.27. The highest BCUT2D eigenvalue weighted by molar-refractivity contribution is 7.80. The predicted molar refractivity (Wildman–Crippen MR) is 42.3 cm³/mol. The van der Waals surface area contributed by atoms with Gasteiger partial charge >= 0.3 is 0 Å². The fourth-order valence-electron chi connectivity index (χ4n) is 0.484. The largest absolute Gasteiger partial charge is 0.0827 e. The van der Waals surface area contributed by atoms with Gasteiger partial charge in [-0.2, -0.15) is 0 Å². The van der Waals surface area contributed by atoms with Crippen LogP contribution in [0.1, 0.15) is 0 Å². The van der Waals surface area contributed by atoms with Crippen molar-refractivity contribution in [2.45, 2.75) is 4.90 Å². The number of halogens is 2. The number of rotatable bonds is 0. The Labute approximate surface area is 69.2 Å². The molecular weight excluding hydrogens is 175 g/mol. The Morgan fingerprint density at radius 3 is 2.33 bits per heavy atom. The summed E-state index contributed by atoms with van der Waals surface area (Å²) in [6, 6.07) is 5.22. The molecule has 0 spiro atoms. The van der Waals surface area contributed by atoms with Crippen LogP contribution in [0.15, 0.2) is 23.1 Å². The summed E-state index contributed by atoms with van der Waals surface area (Å²) >= 11 is 16.1. The van der Waals surface area contributed by atoms with E-state index >= 15 is 0 Å². The molecule has 0 aliphatic rings. The molecule has 0 aromatic heterocycles. The van der Waals surface area contributed by atoms with Crippen molar-refractivity contribution in [2.75, 3.05) is 0 Å². The Morgan fingerprint density at radius 2 is 1.89 bits per heavy atom. The fraction of sp³-hybridized carbons (Fsp3) is 0. The zero-order valence-electron chi connectivity index (χ0n) is 4.40. The fourth-order valence-corrected chi connectivity index (χ4v) is 1.03. The SMILES string of the molecule is [S]c1cccc(Cl)c1Cl. The average Bonchev–Trinajstić information content (AvgIpc) is 1.83. The van der Waals surface area contributed by atoms with E-state index in [0.717, 1.165) is 0 Å². The van der Waals surface area contributed by atoms with Crippen molar-refractivity contribution in [1.29, 1.82) is 0 Å². The first-order chi connectivity index (χ1) is 4.22. The molecule has 0 atom stereocenters. The Morgan fingerprint density at radius 1 is 1.22 bits per heavy atom. The van der Waals surface area contributed by atoms with E-state index < -0.39 is 0 Å². The Kier molecular flexibility index (Phi) is 2.17. The highest BCUT2D eigenvalue weighted by Gasteiger charge is 1.98. The van der Waals surface area contributed by atoms with E-state index in [1.54, 1.807) is 18.2 Å². The minimum absolute atomic E-state index is 0.467. The molecule has 0 amide bonds. The standard InChI is InChI=1S/C6H3Cl2S/c7-4-2-1-3-5(9)6(4)8/h1-3H. The van der Waals surface area contributed by atoms with Crippen LogP contribution < -0.4 is 0 Å². The van der Waals surface area contributed by atoms with Gasteiger partial charge in [0.25, 0.3) is 0 Å². The van der Waals surface area contributed by atoms with Crippen molar-refractivity contribution in [3.8, 4) is 0 Å². The maximum absolute atomic E-state index is 5.64. The van der Waals surface area contributed by atoms with Crippen LogP contribution in [0, 0.1) is 0 Å². The maximum Gasteiger partial charge on any atom is 0.0772 e. The molecule has 0 heterocycles. The zero-order valence-corrected chi connectivity index (χ0v) is 6.72. The molecular formula is C6H3Cl2S. The van der Waals surface area contributed by atoms with Crippen LogP contribution in [0.2, 0.25) is 10.0 Å². The van der Waals surface area contributed by atoms with Crippen molar-refractivity contribution >= 4 is 35.8 Å². The molecule has 1 rings (SSSR count). The molecule has 47 valence electrons.